The predicted molar refractivity (Wildman–Crippen MR) is 89.8 cm³/mol. The number of rotatable bonds is 3. The quantitative estimate of drug-likeness (QED) is 0.941. The standard InChI is InChI=1S/C19H22N2O/c1-14-6-5-9-18(12-14)20-19(22)15(2)21-11-10-16-7-3-4-8-17(16)13-21/h3-9,12,15H,10-11,13H2,1-2H3,(H,20,22)/t15-/m0/s1. The van der Waals surface area contributed by atoms with Gasteiger partial charge in [-0.25, -0.2) is 0 Å². The normalized spacial score (nSPS) is 15.9. The Hall–Kier alpha value is -2.13. The molecule has 0 unspecified atom stereocenters. The van der Waals surface area contributed by atoms with Crippen molar-refractivity contribution >= 4 is 11.6 Å². The summed E-state index contributed by atoms with van der Waals surface area (Å²) in [5, 5.41) is 3.02. The Morgan fingerprint density at radius 2 is 1.91 bits per heavy atom. The molecule has 1 atom stereocenters. The van der Waals surface area contributed by atoms with Crippen LogP contribution in [-0.2, 0) is 17.8 Å². The predicted octanol–water partition coefficient (Wildman–Crippen LogP) is 3.38. The average Bonchev–Trinajstić information content (AvgIpc) is 2.53. The first-order valence-corrected chi connectivity index (χ1v) is 7.82. The van der Waals surface area contributed by atoms with E-state index in [-0.39, 0.29) is 11.9 Å². The van der Waals surface area contributed by atoms with Crippen molar-refractivity contribution in [1.82, 2.24) is 4.90 Å². The second-order valence-corrected chi connectivity index (χ2v) is 6.02. The Morgan fingerprint density at radius 1 is 1.14 bits per heavy atom. The molecule has 0 saturated carbocycles. The van der Waals surface area contributed by atoms with E-state index in [1.54, 1.807) is 0 Å². The minimum absolute atomic E-state index is 0.0602. The summed E-state index contributed by atoms with van der Waals surface area (Å²) < 4.78 is 0. The number of carbonyl (C=O) groups is 1. The van der Waals surface area contributed by atoms with E-state index >= 15 is 0 Å². The van der Waals surface area contributed by atoms with Crippen LogP contribution >= 0.6 is 0 Å². The van der Waals surface area contributed by atoms with Crippen LogP contribution in [0, 0.1) is 6.92 Å². The molecule has 0 aliphatic carbocycles. The molecule has 22 heavy (non-hydrogen) atoms. The second-order valence-electron chi connectivity index (χ2n) is 6.02. The molecule has 0 saturated heterocycles. The summed E-state index contributed by atoms with van der Waals surface area (Å²) in [4.78, 5) is 14.7. The first-order valence-electron chi connectivity index (χ1n) is 7.82. The highest BCUT2D eigenvalue weighted by Gasteiger charge is 2.25. The Bertz CT molecular complexity index is 681. The average molecular weight is 294 g/mol. The maximum atomic E-state index is 12.5. The van der Waals surface area contributed by atoms with Gasteiger partial charge in [-0.3, -0.25) is 9.69 Å². The third-order valence-corrected chi connectivity index (χ3v) is 4.37. The summed E-state index contributed by atoms with van der Waals surface area (Å²) in [7, 11) is 0. The van der Waals surface area contributed by atoms with Crippen molar-refractivity contribution in [2.75, 3.05) is 11.9 Å². The maximum Gasteiger partial charge on any atom is 0.241 e. The first-order chi connectivity index (χ1) is 10.6. The highest BCUT2D eigenvalue weighted by atomic mass is 16.2. The fourth-order valence-corrected chi connectivity index (χ4v) is 2.98. The smallest absolute Gasteiger partial charge is 0.241 e. The number of aryl methyl sites for hydroxylation is 1. The molecule has 1 N–H and O–H groups in total. The van der Waals surface area contributed by atoms with Crippen LogP contribution in [0.4, 0.5) is 5.69 Å². The van der Waals surface area contributed by atoms with Gasteiger partial charge in [0.05, 0.1) is 6.04 Å². The van der Waals surface area contributed by atoms with Crippen LogP contribution in [0.15, 0.2) is 48.5 Å². The molecule has 3 rings (SSSR count). The summed E-state index contributed by atoms with van der Waals surface area (Å²) in [6, 6.07) is 16.3. The Labute approximate surface area is 132 Å². The van der Waals surface area contributed by atoms with Crippen LogP contribution in [0.2, 0.25) is 0 Å². The number of nitrogens with zero attached hydrogens (tertiary/aromatic N) is 1. The lowest BCUT2D eigenvalue weighted by molar-refractivity contribution is -0.121. The molecular formula is C19H22N2O. The zero-order chi connectivity index (χ0) is 15.5. The SMILES string of the molecule is Cc1cccc(NC(=O)[C@H](C)N2CCc3ccccc3C2)c1. The van der Waals surface area contributed by atoms with Gasteiger partial charge in [0, 0.05) is 18.8 Å². The molecule has 2 aromatic rings. The maximum absolute atomic E-state index is 12.5. The van der Waals surface area contributed by atoms with E-state index in [2.05, 4.69) is 34.5 Å². The number of hydrogen-bond donors (Lipinski definition) is 1. The molecule has 3 heteroatoms. The molecule has 1 amide bonds. The first kappa shape index (κ1) is 14.8. The molecule has 0 radical (unpaired) electrons. The van der Waals surface area contributed by atoms with E-state index in [1.165, 1.54) is 11.1 Å². The van der Waals surface area contributed by atoms with E-state index < -0.39 is 0 Å². The van der Waals surface area contributed by atoms with Gasteiger partial charge in [0.2, 0.25) is 5.91 Å². The Balaban J connectivity index is 1.67. The highest BCUT2D eigenvalue weighted by Crippen LogP contribution is 2.21. The molecule has 0 aromatic heterocycles. The molecular weight excluding hydrogens is 272 g/mol. The van der Waals surface area contributed by atoms with Gasteiger partial charge in [-0.05, 0) is 49.1 Å². The Kier molecular flexibility index (Phi) is 4.25. The van der Waals surface area contributed by atoms with Gasteiger partial charge in [0.25, 0.3) is 0 Å². The van der Waals surface area contributed by atoms with Crippen LogP contribution < -0.4 is 5.32 Å². The molecule has 1 heterocycles. The number of nitrogens with one attached hydrogen (secondary N) is 1. The summed E-state index contributed by atoms with van der Waals surface area (Å²) in [6.45, 7) is 5.79. The van der Waals surface area contributed by atoms with Crippen molar-refractivity contribution < 1.29 is 4.79 Å². The number of benzene rings is 2. The minimum atomic E-state index is -0.131. The van der Waals surface area contributed by atoms with Crippen molar-refractivity contribution in [1.29, 1.82) is 0 Å². The lowest BCUT2D eigenvalue weighted by atomic mass is 9.99. The largest absolute Gasteiger partial charge is 0.325 e. The van der Waals surface area contributed by atoms with Crippen LogP contribution in [0.3, 0.4) is 0 Å². The zero-order valence-electron chi connectivity index (χ0n) is 13.2. The van der Waals surface area contributed by atoms with Gasteiger partial charge in [0.1, 0.15) is 0 Å². The van der Waals surface area contributed by atoms with E-state index in [1.807, 2.05) is 38.1 Å². The third-order valence-electron chi connectivity index (χ3n) is 4.37. The number of carbonyl (C=O) groups excluding carboxylic acids is 1. The van der Waals surface area contributed by atoms with Crippen LogP contribution in [0.25, 0.3) is 0 Å². The van der Waals surface area contributed by atoms with E-state index in [9.17, 15) is 4.79 Å². The third kappa shape index (κ3) is 3.20. The molecule has 1 aliphatic heterocycles. The van der Waals surface area contributed by atoms with Gasteiger partial charge < -0.3 is 5.32 Å². The lowest BCUT2D eigenvalue weighted by Gasteiger charge is -2.32. The van der Waals surface area contributed by atoms with Crippen LogP contribution in [-0.4, -0.2) is 23.4 Å². The summed E-state index contributed by atoms with van der Waals surface area (Å²) >= 11 is 0. The lowest BCUT2D eigenvalue weighted by Crippen LogP contribution is -2.44. The van der Waals surface area contributed by atoms with Crippen molar-refractivity contribution in [2.45, 2.75) is 32.9 Å². The molecule has 0 spiro atoms. The van der Waals surface area contributed by atoms with Crippen molar-refractivity contribution in [3.63, 3.8) is 0 Å². The van der Waals surface area contributed by atoms with Gasteiger partial charge in [-0.15, -0.1) is 0 Å². The topological polar surface area (TPSA) is 32.3 Å². The summed E-state index contributed by atoms with van der Waals surface area (Å²) in [5.74, 6) is 0.0602. The molecule has 0 bridgehead atoms. The number of amides is 1. The number of hydrogen-bond acceptors (Lipinski definition) is 2. The highest BCUT2D eigenvalue weighted by molar-refractivity contribution is 5.94. The molecule has 0 fully saturated rings. The zero-order valence-corrected chi connectivity index (χ0v) is 13.2. The van der Waals surface area contributed by atoms with Crippen molar-refractivity contribution in [3.8, 4) is 0 Å². The van der Waals surface area contributed by atoms with Gasteiger partial charge in [-0.2, -0.15) is 0 Å². The van der Waals surface area contributed by atoms with Crippen molar-refractivity contribution in [2.24, 2.45) is 0 Å². The van der Waals surface area contributed by atoms with Crippen LogP contribution in [0.1, 0.15) is 23.6 Å². The van der Waals surface area contributed by atoms with E-state index in [4.69, 9.17) is 0 Å². The summed E-state index contributed by atoms with van der Waals surface area (Å²) in [6.07, 6.45) is 1.01. The summed E-state index contributed by atoms with van der Waals surface area (Å²) in [5.41, 5.74) is 4.76. The van der Waals surface area contributed by atoms with E-state index in [0.717, 1.165) is 30.8 Å². The fourth-order valence-electron chi connectivity index (χ4n) is 2.98. The van der Waals surface area contributed by atoms with Crippen LogP contribution in [0.5, 0.6) is 0 Å². The molecule has 114 valence electrons. The molecule has 2 aromatic carbocycles. The fraction of sp³-hybridized carbons (Fsp3) is 0.316. The van der Waals surface area contributed by atoms with Gasteiger partial charge >= 0.3 is 0 Å². The molecule has 1 aliphatic rings. The van der Waals surface area contributed by atoms with Crippen molar-refractivity contribution in [3.05, 3.63) is 65.2 Å². The second kappa shape index (κ2) is 6.32. The number of anilines is 1. The number of fused-ring (bicyclic) bond motifs is 1. The van der Waals surface area contributed by atoms with E-state index in [0.29, 0.717) is 0 Å². The van der Waals surface area contributed by atoms with Gasteiger partial charge in [0.15, 0.2) is 0 Å². The monoisotopic (exact) mass is 294 g/mol. The molecule has 3 nitrogen and oxygen atoms in total. The Morgan fingerprint density at radius 3 is 2.68 bits per heavy atom. The van der Waals surface area contributed by atoms with Gasteiger partial charge in [-0.1, -0.05) is 36.4 Å². The minimum Gasteiger partial charge on any atom is -0.325 e.